The maximum absolute atomic E-state index is 13.7. The molecule has 8 heteroatoms. The Kier molecular flexibility index (Phi) is 5.04. The predicted octanol–water partition coefficient (Wildman–Crippen LogP) is 2.80. The maximum Gasteiger partial charge on any atom is 0.272 e. The van der Waals surface area contributed by atoms with Crippen LogP contribution in [-0.4, -0.2) is 39.1 Å². The van der Waals surface area contributed by atoms with E-state index < -0.39 is 0 Å². The number of aromatic nitrogens is 4. The first-order chi connectivity index (χ1) is 13.6. The summed E-state index contributed by atoms with van der Waals surface area (Å²) in [5.74, 6) is 0.386. The summed E-state index contributed by atoms with van der Waals surface area (Å²) in [6.45, 7) is 2.88. The highest BCUT2D eigenvalue weighted by Crippen LogP contribution is 2.41. The van der Waals surface area contributed by atoms with Crippen LogP contribution in [0.5, 0.6) is 0 Å². The molecule has 0 aliphatic heterocycles. The number of hydrogen-bond acceptors (Lipinski definition) is 5. The lowest BCUT2D eigenvalue weighted by Gasteiger charge is -2.19. The zero-order valence-electron chi connectivity index (χ0n) is 15.9. The van der Waals surface area contributed by atoms with Crippen LogP contribution >= 0.6 is 0 Å². The molecule has 2 heterocycles. The fraction of sp³-hybridized carbons (Fsp3) is 0.400. The van der Waals surface area contributed by atoms with Crippen LogP contribution < -0.4 is 5.32 Å². The molecule has 0 saturated heterocycles. The number of benzene rings is 1. The Balaban J connectivity index is 1.70. The maximum atomic E-state index is 13.7. The minimum absolute atomic E-state index is 0.266. The van der Waals surface area contributed by atoms with Crippen LogP contribution in [0.15, 0.2) is 30.6 Å². The van der Waals surface area contributed by atoms with Gasteiger partial charge < -0.3 is 14.6 Å². The molecule has 0 unspecified atom stereocenters. The topological polar surface area (TPSA) is 81.9 Å². The van der Waals surface area contributed by atoms with Gasteiger partial charge in [0.15, 0.2) is 0 Å². The zero-order valence-corrected chi connectivity index (χ0v) is 15.9. The molecule has 1 aliphatic carbocycles. The third-order valence-electron chi connectivity index (χ3n) is 4.93. The molecule has 7 nitrogen and oxygen atoms in total. The van der Waals surface area contributed by atoms with Crippen LogP contribution in [0.2, 0.25) is 0 Å². The Morgan fingerprint density at radius 2 is 2.18 bits per heavy atom. The van der Waals surface area contributed by atoms with Gasteiger partial charge in [-0.2, -0.15) is 0 Å². The number of ether oxygens (including phenoxy) is 1. The van der Waals surface area contributed by atoms with Gasteiger partial charge in [0.25, 0.3) is 5.91 Å². The first-order valence-electron chi connectivity index (χ1n) is 9.31. The number of aryl methyl sites for hydroxylation is 1. The molecule has 1 fully saturated rings. The average molecular weight is 383 g/mol. The molecular weight excluding hydrogens is 361 g/mol. The molecule has 1 saturated carbocycles. The minimum atomic E-state index is -0.336. The van der Waals surface area contributed by atoms with Gasteiger partial charge in [-0.25, -0.2) is 14.4 Å². The van der Waals surface area contributed by atoms with Crippen LogP contribution in [0.3, 0.4) is 0 Å². The predicted molar refractivity (Wildman–Crippen MR) is 101 cm³/mol. The molecular formula is C20H22FN5O2. The summed E-state index contributed by atoms with van der Waals surface area (Å²) in [6, 6.07) is 4.28. The Morgan fingerprint density at radius 3 is 2.86 bits per heavy atom. The van der Waals surface area contributed by atoms with Gasteiger partial charge in [0, 0.05) is 25.9 Å². The Morgan fingerprint density at radius 1 is 1.36 bits per heavy atom. The van der Waals surface area contributed by atoms with Gasteiger partial charge in [-0.3, -0.25) is 9.78 Å². The Bertz CT molecular complexity index is 998. The molecule has 0 radical (unpaired) electrons. The summed E-state index contributed by atoms with van der Waals surface area (Å²) in [6.07, 6.45) is 5.05. The molecule has 0 bridgehead atoms. The Hall–Kier alpha value is -2.87. The van der Waals surface area contributed by atoms with E-state index >= 15 is 0 Å². The molecule has 1 aromatic carbocycles. The summed E-state index contributed by atoms with van der Waals surface area (Å²) >= 11 is 0. The second-order valence-electron chi connectivity index (χ2n) is 7.08. The van der Waals surface area contributed by atoms with E-state index in [1.165, 1.54) is 18.3 Å². The number of imidazole rings is 1. The van der Waals surface area contributed by atoms with Gasteiger partial charge in [-0.15, -0.1) is 0 Å². The van der Waals surface area contributed by atoms with Gasteiger partial charge in [-0.05, 0) is 37.8 Å². The number of halogens is 1. The molecule has 3 aromatic rings. The van der Waals surface area contributed by atoms with E-state index in [2.05, 4.69) is 20.3 Å². The third kappa shape index (κ3) is 3.73. The van der Waals surface area contributed by atoms with Crippen molar-refractivity contribution < 1.29 is 13.9 Å². The van der Waals surface area contributed by atoms with Gasteiger partial charge in [-0.1, -0.05) is 0 Å². The van der Waals surface area contributed by atoms with Crippen molar-refractivity contribution >= 4 is 16.9 Å². The quantitative estimate of drug-likeness (QED) is 0.678. The minimum Gasteiger partial charge on any atom is -0.383 e. The lowest BCUT2D eigenvalue weighted by atomic mass is 10.1. The van der Waals surface area contributed by atoms with Crippen molar-refractivity contribution in [1.29, 1.82) is 0 Å². The summed E-state index contributed by atoms with van der Waals surface area (Å²) in [5, 5.41) is 3.06. The van der Waals surface area contributed by atoms with E-state index in [0.717, 1.165) is 24.1 Å². The molecule has 1 amide bonds. The number of fused-ring (bicyclic) bond motifs is 1. The summed E-state index contributed by atoms with van der Waals surface area (Å²) in [4.78, 5) is 25.7. The van der Waals surface area contributed by atoms with E-state index in [0.29, 0.717) is 30.4 Å². The fourth-order valence-corrected chi connectivity index (χ4v) is 3.32. The number of nitrogens with zero attached hydrogens (tertiary/aromatic N) is 4. The summed E-state index contributed by atoms with van der Waals surface area (Å²) in [5.41, 5.74) is 2.41. The largest absolute Gasteiger partial charge is 0.383 e. The number of hydrogen-bond donors (Lipinski definition) is 1. The van der Waals surface area contributed by atoms with Crippen molar-refractivity contribution in [3.63, 3.8) is 0 Å². The van der Waals surface area contributed by atoms with Crippen molar-refractivity contribution in [2.24, 2.45) is 5.92 Å². The number of rotatable bonds is 7. The third-order valence-corrected chi connectivity index (χ3v) is 4.93. The van der Waals surface area contributed by atoms with Crippen LogP contribution in [0, 0.1) is 18.7 Å². The zero-order chi connectivity index (χ0) is 19.7. The number of carbonyl (C=O) groups excluding carboxylic acids is 1. The van der Waals surface area contributed by atoms with Crippen LogP contribution in [0.25, 0.3) is 11.0 Å². The van der Waals surface area contributed by atoms with E-state index in [-0.39, 0.29) is 23.5 Å². The second kappa shape index (κ2) is 7.63. The van der Waals surface area contributed by atoms with Crippen molar-refractivity contribution in [2.45, 2.75) is 32.4 Å². The average Bonchev–Trinajstić information content (AvgIpc) is 3.46. The van der Waals surface area contributed by atoms with Crippen LogP contribution in [0.1, 0.15) is 40.9 Å². The monoisotopic (exact) mass is 383 g/mol. The lowest BCUT2D eigenvalue weighted by molar-refractivity contribution is 0.0922. The Labute approximate surface area is 162 Å². The number of carbonyl (C=O) groups is 1. The van der Waals surface area contributed by atoms with E-state index in [1.54, 1.807) is 19.4 Å². The number of methoxy groups -OCH3 is 1. The highest BCUT2D eigenvalue weighted by atomic mass is 19.1. The van der Waals surface area contributed by atoms with Gasteiger partial charge >= 0.3 is 0 Å². The first kappa shape index (κ1) is 18.5. The van der Waals surface area contributed by atoms with E-state index in [1.807, 2.05) is 11.5 Å². The van der Waals surface area contributed by atoms with Gasteiger partial charge in [0.05, 0.1) is 35.6 Å². The lowest BCUT2D eigenvalue weighted by Crippen LogP contribution is -2.32. The molecule has 0 spiro atoms. The first-order valence-corrected chi connectivity index (χ1v) is 9.31. The molecule has 2 aromatic heterocycles. The molecule has 4 rings (SSSR count). The van der Waals surface area contributed by atoms with Crippen molar-refractivity contribution in [1.82, 2.24) is 24.8 Å². The second-order valence-corrected chi connectivity index (χ2v) is 7.08. The van der Waals surface area contributed by atoms with Crippen molar-refractivity contribution in [3.05, 3.63) is 53.6 Å². The molecule has 1 N–H and O–H groups in total. The van der Waals surface area contributed by atoms with Gasteiger partial charge in [0.2, 0.25) is 0 Å². The van der Waals surface area contributed by atoms with Gasteiger partial charge in [0.1, 0.15) is 17.3 Å². The summed E-state index contributed by atoms with van der Waals surface area (Å²) < 4.78 is 20.9. The molecule has 146 valence electrons. The highest BCUT2D eigenvalue weighted by Gasteiger charge is 2.37. The highest BCUT2D eigenvalue weighted by molar-refractivity contribution is 5.92. The fourth-order valence-electron chi connectivity index (χ4n) is 3.32. The van der Waals surface area contributed by atoms with Crippen LogP contribution in [0.4, 0.5) is 4.39 Å². The van der Waals surface area contributed by atoms with E-state index in [4.69, 9.17) is 4.74 Å². The smallest absolute Gasteiger partial charge is 0.272 e. The molecule has 28 heavy (non-hydrogen) atoms. The van der Waals surface area contributed by atoms with Crippen molar-refractivity contribution in [2.75, 3.05) is 13.7 Å². The summed E-state index contributed by atoms with van der Waals surface area (Å²) in [7, 11) is 1.63. The molecule has 1 atom stereocenters. The van der Waals surface area contributed by atoms with E-state index in [9.17, 15) is 9.18 Å². The van der Waals surface area contributed by atoms with Crippen LogP contribution in [-0.2, 0) is 11.3 Å². The number of amides is 1. The van der Waals surface area contributed by atoms with Crippen molar-refractivity contribution in [3.8, 4) is 0 Å². The number of nitrogens with one attached hydrogen (secondary N) is 1. The molecule has 1 aliphatic rings. The normalized spacial score (nSPS) is 15.0. The SMILES string of the molecule is COCCn1c([C@@H](NC(=O)c2cnc(C)cn2)C2CC2)nc2cc(F)ccc21. The standard InChI is InChI=1S/C20H22FN5O2/c1-12-10-23-16(11-22-12)20(27)25-18(13-3-4-13)19-24-15-9-14(21)5-6-17(15)26(19)7-8-28-2/h5-6,9-11,13,18H,3-4,7-8H2,1-2H3,(H,25,27)/t18-/m0/s1.